The van der Waals surface area contributed by atoms with Crippen molar-refractivity contribution in [1.82, 2.24) is 0 Å². The first-order valence-electron chi connectivity index (χ1n) is 5.98. The molecular weight excluding hydrogens is 357 g/mol. The molecule has 2 rings (SSSR count). The molecule has 1 aliphatic rings. The van der Waals surface area contributed by atoms with E-state index in [1.165, 1.54) is 11.0 Å². The minimum Gasteiger partial charge on any atom is -0.301 e. The summed E-state index contributed by atoms with van der Waals surface area (Å²) in [6.45, 7) is 1.89. The Hall–Kier alpha value is -0.750. The molecule has 0 saturated carbocycles. The number of hydrogen-bond donors (Lipinski definition) is 0. The average Bonchev–Trinajstić information content (AvgIpc) is 2.71. The highest BCUT2D eigenvalue weighted by molar-refractivity contribution is 7.94. The molecule has 0 radical (unpaired) electrons. The van der Waals surface area contributed by atoms with Gasteiger partial charge < -0.3 is 4.90 Å². The normalized spacial score (nSPS) is 20.5. The summed E-state index contributed by atoms with van der Waals surface area (Å²) in [7, 11) is -3.34. The van der Waals surface area contributed by atoms with Crippen LogP contribution in [0.5, 0.6) is 0 Å². The zero-order chi connectivity index (χ0) is 15.8. The van der Waals surface area contributed by atoms with Crippen LogP contribution in [0.4, 0.5) is 5.69 Å². The first-order valence-corrected chi connectivity index (χ1v) is 8.83. The second-order valence-electron chi connectivity index (χ2n) is 4.73. The molecule has 1 aromatic rings. The van der Waals surface area contributed by atoms with Crippen molar-refractivity contribution in [1.29, 1.82) is 0 Å². The SMILES string of the molecule is Cc1ccc(N(C(=O)C(Cl)(Cl)Cl)C2C=CS(=O)(=O)C2)cc1. The van der Waals surface area contributed by atoms with Gasteiger partial charge in [0.25, 0.3) is 9.70 Å². The molecule has 4 nitrogen and oxygen atoms in total. The van der Waals surface area contributed by atoms with Gasteiger partial charge in [-0.25, -0.2) is 8.42 Å². The molecule has 0 spiro atoms. The predicted molar refractivity (Wildman–Crippen MR) is 85.7 cm³/mol. The number of sulfone groups is 1. The molecular formula is C13H12Cl3NO3S. The highest BCUT2D eigenvalue weighted by Gasteiger charge is 2.41. The number of rotatable bonds is 2. The number of carbonyl (C=O) groups excluding carboxylic acids is 1. The van der Waals surface area contributed by atoms with E-state index in [1.54, 1.807) is 24.3 Å². The van der Waals surface area contributed by atoms with Crippen molar-refractivity contribution in [3.05, 3.63) is 41.3 Å². The lowest BCUT2D eigenvalue weighted by Crippen LogP contribution is -2.46. The minimum absolute atomic E-state index is 0.229. The molecule has 0 aromatic heterocycles. The van der Waals surface area contributed by atoms with Crippen LogP contribution in [0.1, 0.15) is 5.56 Å². The average molecular weight is 369 g/mol. The Labute approximate surface area is 138 Å². The van der Waals surface area contributed by atoms with Crippen molar-refractivity contribution in [3.63, 3.8) is 0 Å². The van der Waals surface area contributed by atoms with Crippen molar-refractivity contribution in [3.8, 4) is 0 Å². The summed E-state index contributed by atoms with van der Waals surface area (Å²) in [4.78, 5) is 13.6. The molecule has 0 aliphatic carbocycles. The second kappa shape index (κ2) is 5.80. The van der Waals surface area contributed by atoms with Gasteiger partial charge in [-0.2, -0.15) is 0 Å². The van der Waals surface area contributed by atoms with Crippen LogP contribution in [0.25, 0.3) is 0 Å². The minimum atomic E-state index is -3.34. The zero-order valence-electron chi connectivity index (χ0n) is 11.0. The van der Waals surface area contributed by atoms with E-state index >= 15 is 0 Å². The van der Waals surface area contributed by atoms with Crippen molar-refractivity contribution in [2.75, 3.05) is 10.7 Å². The van der Waals surface area contributed by atoms with E-state index in [4.69, 9.17) is 34.8 Å². The van der Waals surface area contributed by atoms with E-state index in [0.717, 1.165) is 11.0 Å². The maximum absolute atomic E-state index is 12.3. The van der Waals surface area contributed by atoms with Gasteiger partial charge in [0.1, 0.15) is 0 Å². The third-order valence-corrected chi connectivity index (χ3v) is 4.88. The van der Waals surface area contributed by atoms with Gasteiger partial charge in [0.2, 0.25) is 0 Å². The molecule has 1 unspecified atom stereocenters. The van der Waals surface area contributed by atoms with Crippen LogP contribution in [0, 0.1) is 6.92 Å². The lowest BCUT2D eigenvalue weighted by Gasteiger charge is -2.30. The molecule has 1 aliphatic heterocycles. The summed E-state index contributed by atoms with van der Waals surface area (Å²) in [6, 6.07) is 6.26. The van der Waals surface area contributed by atoms with Gasteiger partial charge in [0.05, 0.1) is 11.8 Å². The maximum Gasteiger partial charge on any atom is 0.279 e. The summed E-state index contributed by atoms with van der Waals surface area (Å²) in [5.74, 6) is -1.02. The monoisotopic (exact) mass is 367 g/mol. The number of halogens is 3. The van der Waals surface area contributed by atoms with Crippen LogP contribution in [0.15, 0.2) is 35.7 Å². The Morgan fingerprint density at radius 1 is 1.24 bits per heavy atom. The Balaban J connectivity index is 2.43. The molecule has 1 aromatic carbocycles. The Morgan fingerprint density at radius 2 is 1.81 bits per heavy atom. The van der Waals surface area contributed by atoms with Gasteiger partial charge in [-0.1, -0.05) is 52.5 Å². The van der Waals surface area contributed by atoms with Crippen molar-refractivity contribution < 1.29 is 13.2 Å². The predicted octanol–water partition coefficient (Wildman–Crippen LogP) is 3.01. The fourth-order valence-electron chi connectivity index (χ4n) is 2.02. The smallest absolute Gasteiger partial charge is 0.279 e. The second-order valence-corrected chi connectivity index (χ2v) is 8.95. The lowest BCUT2D eigenvalue weighted by molar-refractivity contribution is -0.118. The molecule has 0 fully saturated rings. The highest BCUT2D eigenvalue weighted by Crippen LogP contribution is 2.33. The maximum atomic E-state index is 12.3. The Bertz CT molecular complexity index is 678. The van der Waals surface area contributed by atoms with Crippen LogP contribution in [-0.2, 0) is 14.6 Å². The number of nitrogens with zero attached hydrogens (tertiary/aromatic N) is 1. The molecule has 0 N–H and O–H groups in total. The van der Waals surface area contributed by atoms with Crippen molar-refractivity contribution in [2.24, 2.45) is 0 Å². The largest absolute Gasteiger partial charge is 0.301 e. The van der Waals surface area contributed by atoms with Gasteiger partial charge in [-0.05, 0) is 25.1 Å². The van der Waals surface area contributed by atoms with Gasteiger partial charge in [-0.3, -0.25) is 4.79 Å². The first kappa shape index (κ1) is 16.6. The van der Waals surface area contributed by atoms with Gasteiger partial charge in [0.15, 0.2) is 9.84 Å². The molecule has 8 heteroatoms. The van der Waals surface area contributed by atoms with Crippen LogP contribution in [0.2, 0.25) is 0 Å². The summed E-state index contributed by atoms with van der Waals surface area (Å²) in [5, 5.41) is 1.07. The van der Waals surface area contributed by atoms with Crippen molar-refractivity contribution in [2.45, 2.75) is 16.8 Å². The molecule has 1 heterocycles. The molecule has 0 saturated heterocycles. The Morgan fingerprint density at radius 3 is 2.24 bits per heavy atom. The summed E-state index contributed by atoms with van der Waals surface area (Å²) >= 11 is 17.0. The summed E-state index contributed by atoms with van der Waals surface area (Å²) in [5.41, 5.74) is 1.47. The van der Waals surface area contributed by atoms with Crippen molar-refractivity contribution >= 4 is 56.2 Å². The third kappa shape index (κ3) is 3.92. The van der Waals surface area contributed by atoms with E-state index in [0.29, 0.717) is 5.69 Å². The fraction of sp³-hybridized carbons (Fsp3) is 0.308. The van der Waals surface area contributed by atoms with E-state index in [2.05, 4.69) is 0 Å². The molecule has 0 bridgehead atoms. The van der Waals surface area contributed by atoms with E-state index in [1.807, 2.05) is 6.92 Å². The van der Waals surface area contributed by atoms with E-state index < -0.39 is 25.6 Å². The van der Waals surface area contributed by atoms with E-state index in [9.17, 15) is 13.2 Å². The lowest BCUT2D eigenvalue weighted by atomic mass is 10.2. The number of carbonyl (C=O) groups is 1. The first-order chi connectivity index (χ1) is 9.60. The highest BCUT2D eigenvalue weighted by atomic mass is 35.6. The molecule has 1 amide bonds. The fourth-order valence-corrected chi connectivity index (χ4v) is 3.56. The zero-order valence-corrected chi connectivity index (χ0v) is 14.0. The number of aryl methyl sites for hydroxylation is 1. The van der Waals surface area contributed by atoms with Crippen LogP contribution in [-0.4, -0.2) is 29.9 Å². The van der Waals surface area contributed by atoms with Crippen LogP contribution >= 0.6 is 34.8 Å². The van der Waals surface area contributed by atoms with Gasteiger partial charge in [-0.15, -0.1) is 0 Å². The number of anilines is 1. The van der Waals surface area contributed by atoms with Gasteiger partial charge >= 0.3 is 0 Å². The van der Waals surface area contributed by atoms with Crippen LogP contribution < -0.4 is 4.90 Å². The van der Waals surface area contributed by atoms with Gasteiger partial charge in [0, 0.05) is 11.1 Å². The topological polar surface area (TPSA) is 54.5 Å². The van der Waals surface area contributed by atoms with E-state index in [-0.39, 0.29) is 5.75 Å². The summed E-state index contributed by atoms with van der Waals surface area (Å²) < 4.78 is 21.0. The quantitative estimate of drug-likeness (QED) is 0.754. The summed E-state index contributed by atoms with van der Waals surface area (Å²) in [6.07, 6.45) is 1.42. The number of benzene rings is 1. The standard InChI is InChI=1S/C13H12Cl3NO3S/c1-9-2-4-10(5-3-9)17(12(18)13(14,15)16)11-6-7-21(19,20)8-11/h2-7,11H,8H2,1H3. The number of alkyl halides is 3. The van der Waals surface area contributed by atoms with Crippen LogP contribution in [0.3, 0.4) is 0 Å². The molecule has 1 atom stereocenters. The Kier molecular flexibility index (Phi) is 4.59. The molecule has 21 heavy (non-hydrogen) atoms. The molecule has 114 valence electrons. The third-order valence-electron chi connectivity index (χ3n) is 3.02. The number of amides is 1. The number of hydrogen-bond acceptors (Lipinski definition) is 3.